The van der Waals surface area contributed by atoms with Crippen molar-refractivity contribution in [1.29, 1.82) is 0 Å². The normalized spacial score (nSPS) is 12.8. The lowest BCUT2D eigenvalue weighted by Crippen LogP contribution is -2.25. The minimum atomic E-state index is -2.01. The van der Waals surface area contributed by atoms with Gasteiger partial charge in [-0.15, -0.1) is 6.42 Å². The highest BCUT2D eigenvalue weighted by atomic mass is 35.5. The number of rotatable bonds is 4. The number of pyridine rings is 2. The van der Waals surface area contributed by atoms with Crippen LogP contribution in [-0.4, -0.2) is 9.55 Å². The van der Waals surface area contributed by atoms with Gasteiger partial charge in [0.2, 0.25) is 0 Å². The molecule has 0 bridgehead atoms. The van der Waals surface area contributed by atoms with Gasteiger partial charge in [0.25, 0.3) is 5.56 Å². The maximum Gasteiger partial charge on any atom is 0.251 e. The standard InChI is InChI=1S/C31H22ClFN2O/c1-4-21-6-5-7-22(16-21)26-18-30(36)35(3)29-13-10-24(17-27(26)29)31(33,23-8-11-25(32)12-9-23)28-19-34-15-14-20(28)2/h1,5-19H,2-3H3/t31-/m1/s1. The Bertz CT molecular complexity index is 1720. The number of nitrogens with zero attached hydrogens (tertiary/aromatic N) is 2. The fourth-order valence-corrected chi connectivity index (χ4v) is 4.80. The smallest absolute Gasteiger partial charge is 0.251 e. The van der Waals surface area contributed by atoms with Crippen molar-refractivity contribution in [3.8, 4) is 23.5 Å². The summed E-state index contributed by atoms with van der Waals surface area (Å²) in [5.41, 5.74) is 2.75. The molecular formula is C31H22ClFN2O. The van der Waals surface area contributed by atoms with Crippen LogP contribution in [-0.2, 0) is 12.7 Å². The van der Waals surface area contributed by atoms with Crippen molar-refractivity contribution in [2.75, 3.05) is 0 Å². The largest absolute Gasteiger partial charge is 0.311 e. The first-order chi connectivity index (χ1) is 17.3. The molecule has 0 aliphatic rings. The number of halogens is 2. The number of benzene rings is 3. The summed E-state index contributed by atoms with van der Waals surface area (Å²) in [7, 11) is 1.71. The molecule has 3 aromatic carbocycles. The van der Waals surface area contributed by atoms with Gasteiger partial charge in [0.15, 0.2) is 5.67 Å². The number of aromatic nitrogens is 2. The lowest BCUT2D eigenvalue weighted by Gasteiger charge is -2.29. The van der Waals surface area contributed by atoms with E-state index in [1.807, 2.05) is 37.3 Å². The van der Waals surface area contributed by atoms with Crippen molar-refractivity contribution in [3.05, 3.63) is 134 Å². The molecule has 176 valence electrons. The van der Waals surface area contributed by atoms with E-state index < -0.39 is 5.67 Å². The van der Waals surface area contributed by atoms with Crippen LogP contribution >= 0.6 is 11.6 Å². The molecule has 1 atom stereocenters. The van der Waals surface area contributed by atoms with E-state index in [1.165, 1.54) is 0 Å². The predicted octanol–water partition coefficient (Wildman–Crippen LogP) is 6.81. The molecule has 0 aliphatic heterocycles. The zero-order valence-corrected chi connectivity index (χ0v) is 20.6. The first-order valence-corrected chi connectivity index (χ1v) is 11.8. The van der Waals surface area contributed by atoms with Gasteiger partial charge in [-0.3, -0.25) is 9.78 Å². The number of alkyl halides is 1. The molecule has 0 saturated heterocycles. The van der Waals surface area contributed by atoms with Crippen LogP contribution in [0.3, 0.4) is 0 Å². The Hall–Kier alpha value is -4.20. The molecule has 5 aromatic rings. The average molecular weight is 493 g/mol. The van der Waals surface area contributed by atoms with Crippen LogP contribution in [0, 0.1) is 19.3 Å². The second-order valence-electron chi connectivity index (χ2n) is 8.77. The molecule has 2 aromatic heterocycles. The quantitative estimate of drug-likeness (QED) is 0.258. The predicted molar refractivity (Wildman–Crippen MR) is 144 cm³/mol. The van der Waals surface area contributed by atoms with Crippen molar-refractivity contribution < 1.29 is 4.39 Å². The van der Waals surface area contributed by atoms with Gasteiger partial charge < -0.3 is 4.57 Å². The van der Waals surface area contributed by atoms with E-state index in [1.54, 1.807) is 72.5 Å². The van der Waals surface area contributed by atoms with Crippen LogP contribution in [0.2, 0.25) is 5.02 Å². The SMILES string of the molecule is C#Cc1cccc(-c2cc(=O)n(C)c3ccc([C@](F)(c4ccc(Cl)cc4)c4cnccc4C)cc23)c1. The van der Waals surface area contributed by atoms with Gasteiger partial charge in [-0.2, -0.15) is 0 Å². The number of hydrogen-bond donors (Lipinski definition) is 0. The molecule has 0 radical (unpaired) electrons. The Kier molecular flexibility index (Phi) is 5.96. The highest BCUT2D eigenvalue weighted by Gasteiger charge is 2.38. The third kappa shape index (κ3) is 3.88. The lowest BCUT2D eigenvalue weighted by molar-refractivity contribution is 0.279. The van der Waals surface area contributed by atoms with Gasteiger partial charge in [-0.1, -0.05) is 47.9 Å². The topological polar surface area (TPSA) is 34.9 Å². The monoisotopic (exact) mass is 492 g/mol. The summed E-state index contributed by atoms with van der Waals surface area (Å²) in [5.74, 6) is 2.64. The van der Waals surface area contributed by atoms with E-state index in [4.69, 9.17) is 18.0 Å². The molecule has 5 heteroatoms. The second-order valence-corrected chi connectivity index (χ2v) is 9.20. The van der Waals surface area contributed by atoms with Gasteiger partial charge in [0, 0.05) is 47.0 Å². The van der Waals surface area contributed by atoms with E-state index in [9.17, 15) is 4.79 Å². The van der Waals surface area contributed by atoms with E-state index in [2.05, 4.69) is 10.9 Å². The molecule has 5 rings (SSSR count). The van der Waals surface area contributed by atoms with Crippen LogP contribution in [0.15, 0.2) is 96.1 Å². The summed E-state index contributed by atoms with van der Waals surface area (Å²) < 4.78 is 19.1. The molecule has 0 fully saturated rings. The van der Waals surface area contributed by atoms with Crippen LogP contribution in [0.1, 0.15) is 27.8 Å². The minimum Gasteiger partial charge on any atom is -0.311 e. The summed E-state index contributed by atoms with van der Waals surface area (Å²) in [6.45, 7) is 1.86. The van der Waals surface area contributed by atoms with Crippen molar-refractivity contribution in [1.82, 2.24) is 9.55 Å². The molecule has 0 spiro atoms. The zero-order valence-electron chi connectivity index (χ0n) is 19.8. The Balaban J connectivity index is 1.85. The fraction of sp³-hybridized carbons (Fsp3) is 0.0968. The highest BCUT2D eigenvalue weighted by molar-refractivity contribution is 6.30. The van der Waals surface area contributed by atoms with Crippen LogP contribution in [0.5, 0.6) is 0 Å². The second kappa shape index (κ2) is 9.11. The maximum atomic E-state index is 17.6. The van der Waals surface area contributed by atoms with Gasteiger partial charge >= 0.3 is 0 Å². The summed E-state index contributed by atoms with van der Waals surface area (Å²) in [6.07, 6.45) is 8.83. The third-order valence-corrected chi connectivity index (χ3v) is 6.89. The molecule has 0 aliphatic carbocycles. The van der Waals surface area contributed by atoms with Gasteiger partial charge in [-0.05, 0) is 77.2 Å². The fourth-order valence-electron chi connectivity index (χ4n) is 4.67. The maximum absolute atomic E-state index is 17.6. The van der Waals surface area contributed by atoms with Crippen molar-refractivity contribution in [2.24, 2.45) is 7.05 Å². The van der Waals surface area contributed by atoms with Crippen LogP contribution in [0.4, 0.5) is 4.39 Å². The van der Waals surface area contributed by atoms with Crippen molar-refractivity contribution >= 4 is 22.5 Å². The number of terminal acetylenes is 1. The number of aryl methyl sites for hydroxylation is 2. The van der Waals surface area contributed by atoms with Gasteiger partial charge in [0.05, 0.1) is 5.52 Å². The van der Waals surface area contributed by atoms with E-state index in [-0.39, 0.29) is 5.56 Å². The summed E-state index contributed by atoms with van der Waals surface area (Å²) in [4.78, 5) is 17.0. The molecule has 0 amide bonds. The first-order valence-electron chi connectivity index (χ1n) is 11.4. The summed E-state index contributed by atoms with van der Waals surface area (Å²) in [6, 6.07) is 22.9. The van der Waals surface area contributed by atoms with E-state index in [0.717, 1.165) is 16.5 Å². The summed E-state index contributed by atoms with van der Waals surface area (Å²) in [5, 5.41) is 1.26. The van der Waals surface area contributed by atoms with E-state index in [0.29, 0.717) is 38.4 Å². The Morgan fingerprint density at radius 3 is 2.47 bits per heavy atom. The molecule has 3 nitrogen and oxygen atoms in total. The van der Waals surface area contributed by atoms with Crippen LogP contribution < -0.4 is 5.56 Å². The molecule has 2 heterocycles. The third-order valence-electron chi connectivity index (χ3n) is 6.64. The summed E-state index contributed by atoms with van der Waals surface area (Å²) >= 11 is 6.13. The highest BCUT2D eigenvalue weighted by Crippen LogP contribution is 2.43. The Morgan fingerprint density at radius 2 is 1.75 bits per heavy atom. The molecule has 0 unspecified atom stereocenters. The molecule has 36 heavy (non-hydrogen) atoms. The Labute approximate surface area is 213 Å². The van der Waals surface area contributed by atoms with Gasteiger partial charge in [0.1, 0.15) is 0 Å². The lowest BCUT2D eigenvalue weighted by atomic mass is 9.80. The average Bonchev–Trinajstić information content (AvgIpc) is 2.90. The number of hydrogen-bond acceptors (Lipinski definition) is 2. The minimum absolute atomic E-state index is 0.163. The van der Waals surface area contributed by atoms with Crippen molar-refractivity contribution in [2.45, 2.75) is 12.6 Å². The van der Waals surface area contributed by atoms with Crippen LogP contribution in [0.25, 0.3) is 22.0 Å². The van der Waals surface area contributed by atoms with Crippen molar-refractivity contribution in [3.63, 3.8) is 0 Å². The number of fused-ring (bicyclic) bond motifs is 1. The zero-order chi connectivity index (χ0) is 25.4. The molecular weight excluding hydrogens is 471 g/mol. The first kappa shape index (κ1) is 23.5. The Morgan fingerprint density at radius 1 is 1.00 bits per heavy atom. The van der Waals surface area contributed by atoms with E-state index >= 15 is 4.39 Å². The molecule has 0 saturated carbocycles. The van der Waals surface area contributed by atoms with Gasteiger partial charge in [-0.25, -0.2) is 4.39 Å². The molecule has 0 N–H and O–H groups in total.